The van der Waals surface area contributed by atoms with Crippen LogP contribution in [0.25, 0.3) is 0 Å². The van der Waals surface area contributed by atoms with E-state index in [0.717, 1.165) is 5.75 Å². The van der Waals surface area contributed by atoms with Crippen molar-refractivity contribution in [3.63, 3.8) is 0 Å². The lowest BCUT2D eigenvalue weighted by Gasteiger charge is -2.20. The summed E-state index contributed by atoms with van der Waals surface area (Å²) in [4.78, 5) is 0. The molecule has 2 N–H and O–H groups in total. The molecule has 0 spiro atoms. The minimum Gasteiger partial charge on any atom is -0.496 e. The number of methoxy groups -OCH3 is 1. The Labute approximate surface area is 110 Å². The lowest BCUT2D eigenvalue weighted by Crippen LogP contribution is -2.19. The zero-order valence-corrected chi connectivity index (χ0v) is 11.4. The first kappa shape index (κ1) is 14.3. The van der Waals surface area contributed by atoms with Gasteiger partial charge < -0.3 is 10.5 Å². The molecule has 1 saturated carbocycles. The van der Waals surface area contributed by atoms with Crippen molar-refractivity contribution in [2.24, 2.45) is 11.7 Å². The van der Waals surface area contributed by atoms with Crippen LogP contribution in [0.1, 0.15) is 42.9 Å². The number of rotatable bonds is 3. The van der Waals surface area contributed by atoms with Crippen molar-refractivity contribution in [3.05, 3.63) is 29.3 Å². The smallest absolute Gasteiger partial charge is 0.121 e. The summed E-state index contributed by atoms with van der Waals surface area (Å²) in [6.07, 6.45) is 5.25. The maximum Gasteiger partial charge on any atom is 0.121 e. The zero-order chi connectivity index (χ0) is 11.5. The molecule has 0 saturated heterocycles. The van der Waals surface area contributed by atoms with Gasteiger partial charge in [0.2, 0.25) is 0 Å². The van der Waals surface area contributed by atoms with E-state index in [0.29, 0.717) is 5.92 Å². The highest BCUT2D eigenvalue weighted by Gasteiger charge is 2.23. The second-order valence-corrected chi connectivity index (χ2v) is 4.80. The number of nitrogens with two attached hydrogens (primary N) is 1. The summed E-state index contributed by atoms with van der Waals surface area (Å²) < 4.78 is 5.26. The van der Waals surface area contributed by atoms with E-state index in [1.54, 1.807) is 7.11 Å². The Balaban J connectivity index is 0.00000144. The van der Waals surface area contributed by atoms with Crippen molar-refractivity contribution in [2.45, 2.75) is 38.6 Å². The van der Waals surface area contributed by atoms with Crippen LogP contribution in [0.4, 0.5) is 0 Å². The van der Waals surface area contributed by atoms with Gasteiger partial charge in [-0.25, -0.2) is 0 Å². The molecule has 0 aromatic heterocycles. The fourth-order valence-corrected chi connectivity index (χ4v) is 2.70. The number of ether oxygens (including phenoxy) is 1. The fourth-order valence-electron chi connectivity index (χ4n) is 2.70. The van der Waals surface area contributed by atoms with Gasteiger partial charge in [0.1, 0.15) is 5.75 Å². The van der Waals surface area contributed by atoms with Gasteiger partial charge >= 0.3 is 0 Å². The van der Waals surface area contributed by atoms with Gasteiger partial charge in [0.05, 0.1) is 7.11 Å². The van der Waals surface area contributed by atoms with E-state index in [2.05, 4.69) is 19.1 Å². The molecule has 0 heterocycles. The van der Waals surface area contributed by atoms with Gasteiger partial charge in [-0.15, -0.1) is 12.4 Å². The van der Waals surface area contributed by atoms with Crippen LogP contribution in [0.5, 0.6) is 5.75 Å². The van der Waals surface area contributed by atoms with Crippen LogP contribution in [0.15, 0.2) is 18.2 Å². The Morgan fingerprint density at radius 1 is 1.29 bits per heavy atom. The second kappa shape index (κ2) is 6.27. The molecule has 2 nitrogen and oxygen atoms in total. The Morgan fingerprint density at radius 2 is 1.94 bits per heavy atom. The summed E-state index contributed by atoms with van der Waals surface area (Å²) in [6, 6.07) is 6.50. The maximum atomic E-state index is 6.32. The monoisotopic (exact) mass is 255 g/mol. The lowest BCUT2D eigenvalue weighted by atomic mass is 9.91. The van der Waals surface area contributed by atoms with Gasteiger partial charge in [-0.05, 0) is 42.9 Å². The van der Waals surface area contributed by atoms with E-state index in [-0.39, 0.29) is 18.4 Å². The summed E-state index contributed by atoms with van der Waals surface area (Å²) in [5, 5.41) is 0. The predicted molar refractivity (Wildman–Crippen MR) is 73.9 cm³/mol. The number of aryl methyl sites for hydroxylation is 1. The van der Waals surface area contributed by atoms with Gasteiger partial charge in [-0.2, -0.15) is 0 Å². The largest absolute Gasteiger partial charge is 0.496 e. The molecule has 1 aromatic carbocycles. The van der Waals surface area contributed by atoms with Crippen molar-refractivity contribution in [1.29, 1.82) is 0 Å². The molecule has 0 aliphatic heterocycles. The third-order valence-electron chi connectivity index (χ3n) is 3.71. The summed E-state index contributed by atoms with van der Waals surface area (Å²) in [5.74, 6) is 1.62. The van der Waals surface area contributed by atoms with E-state index in [1.165, 1.54) is 36.8 Å². The highest BCUT2D eigenvalue weighted by molar-refractivity contribution is 5.85. The van der Waals surface area contributed by atoms with Crippen LogP contribution in [0, 0.1) is 12.8 Å². The van der Waals surface area contributed by atoms with Crippen LogP contribution in [-0.4, -0.2) is 7.11 Å². The predicted octanol–water partition coefficient (Wildman–Crippen LogP) is 3.62. The molecular weight excluding hydrogens is 234 g/mol. The molecule has 0 bridgehead atoms. The molecule has 1 fully saturated rings. The summed E-state index contributed by atoms with van der Waals surface area (Å²) in [7, 11) is 1.71. The lowest BCUT2D eigenvalue weighted by molar-refractivity contribution is 0.409. The third kappa shape index (κ3) is 3.14. The molecule has 1 aromatic rings. The second-order valence-electron chi connectivity index (χ2n) is 4.80. The van der Waals surface area contributed by atoms with E-state index in [9.17, 15) is 0 Å². The number of benzene rings is 1. The molecule has 1 aliphatic carbocycles. The standard InChI is InChI=1S/C14H21NO.ClH/c1-10-9-12(7-8-13(10)16-2)14(15)11-5-3-4-6-11;/h7-9,11,14H,3-6,15H2,1-2H3;1H/t14-;/m1./s1. The molecule has 2 rings (SSSR count). The van der Waals surface area contributed by atoms with E-state index in [1.807, 2.05) is 6.07 Å². The van der Waals surface area contributed by atoms with Crippen LogP contribution < -0.4 is 10.5 Å². The number of halogens is 1. The molecule has 0 unspecified atom stereocenters. The normalized spacial score (nSPS) is 17.6. The Morgan fingerprint density at radius 3 is 2.47 bits per heavy atom. The van der Waals surface area contributed by atoms with Crippen molar-refractivity contribution < 1.29 is 4.74 Å². The molecule has 3 heteroatoms. The van der Waals surface area contributed by atoms with Crippen LogP contribution >= 0.6 is 12.4 Å². The van der Waals surface area contributed by atoms with Crippen molar-refractivity contribution in [1.82, 2.24) is 0 Å². The highest BCUT2D eigenvalue weighted by atomic mass is 35.5. The molecule has 1 atom stereocenters. The quantitative estimate of drug-likeness (QED) is 0.896. The molecule has 96 valence electrons. The number of hydrogen-bond donors (Lipinski definition) is 1. The van der Waals surface area contributed by atoms with Crippen LogP contribution in [0.2, 0.25) is 0 Å². The van der Waals surface area contributed by atoms with Gasteiger partial charge in [-0.1, -0.05) is 25.0 Å². The maximum absolute atomic E-state index is 6.32. The van der Waals surface area contributed by atoms with E-state index in [4.69, 9.17) is 10.5 Å². The minimum absolute atomic E-state index is 0. The molecule has 0 amide bonds. The Bertz CT molecular complexity index is 361. The van der Waals surface area contributed by atoms with Crippen molar-refractivity contribution in [2.75, 3.05) is 7.11 Å². The molecule has 17 heavy (non-hydrogen) atoms. The number of hydrogen-bond acceptors (Lipinski definition) is 2. The van der Waals surface area contributed by atoms with E-state index < -0.39 is 0 Å². The van der Waals surface area contributed by atoms with E-state index >= 15 is 0 Å². The fraction of sp³-hybridized carbons (Fsp3) is 0.571. The van der Waals surface area contributed by atoms with Gasteiger partial charge in [0.25, 0.3) is 0 Å². The molecular formula is C14H22ClNO. The summed E-state index contributed by atoms with van der Waals surface area (Å²) in [6.45, 7) is 2.07. The SMILES string of the molecule is COc1ccc([C@H](N)C2CCCC2)cc1C.Cl. The zero-order valence-electron chi connectivity index (χ0n) is 10.6. The third-order valence-corrected chi connectivity index (χ3v) is 3.71. The van der Waals surface area contributed by atoms with Crippen molar-refractivity contribution in [3.8, 4) is 5.75 Å². The highest BCUT2D eigenvalue weighted by Crippen LogP contribution is 2.35. The van der Waals surface area contributed by atoms with Crippen LogP contribution in [-0.2, 0) is 0 Å². The van der Waals surface area contributed by atoms with Gasteiger partial charge in [-0.3, -0.25) is 0 Å². The summed E-state index contributed by atoms with van der Waals surface area (Å²) in [5.41, 5.74) is 8.75. The first-order valence-corrected chi connectivity index (χ1v) is 6.12. The minimum atomic E-state index is 0. The average molecular weight is 256 g/mol. The Hall–Kier alpha value is -0.730. The Kier molecular flexibility index (Phi) is 5.29. The molecule has 0 radical (unpaired) electrons. The topological polar surface area (TPSA) is 35.2 Å². The summed E-state index contributed by atoms with van der Waals surface area (Å²) >= 11 is 0. The average Bonchev–Trinajstić information content (AvgIpc) is 2.81. The first-order valence-electron chi connectivity index (χ1n) is 6.12. The first-order chi connectivity index (χ1) is 7.72. The molecule has 1 aliphatic rings. The van der Waals surface area contributed by atoms with Crippen molar-refractivity contribution >= 4 is 12.4 Å². The van der Waals surface area contributed by atoms with Gasteiger partial charge in [0.15, 0.2) is 0 Å². The van der Waals surface area contributed by atoms with Gasteiger partial charge in [0, 0.05) is 6.04 Å². The van der Waals surface area contributed by atoms with Crippen LogP contribution in [0.3, 0.4) is 0 Å².